The smallest absolute Gasteiger partial charge is 0.189 e. The molecule has 1 aromatic heterocycles. The van der Waals surface area contributed by atoms with Gasteiger partial charge in [0.25, 0.3) is 0 Å². The fourth-order valence-corrected chi connectivity index (χ4v) is 2.88. The van der Waals surface area contributed by atoms with Crippen LogP contribution < -0.4 is 4.90 Å². The van der Waals surface area contributed by atoms with Gasteiger partial charge in [0.2, 0.25) is 0 Å². The molecule has 2 heterocycles. The Kier molecular flexibility index (Phi) is 4.91. The van der Waals surface area contributed by atoms with E-state index in [-0.39, 0.29) is 5.78 Å². The summed E-state index contributed by atoms with van der Waals surface area (Å²) < 4.78 is 1.76. The molecule has 23 heavy (non-hydrogen) atoms. The summed E-state index contributed by atoms with van der Waals surface area (Å²) in [5.41, 5.74) is 2.95. The van der Waals surface area contributed by atoms with E-state index >= 15 is 0 Å². The third-order valence-electron chi connectivity index (χ3n) is 4.28. The van der Waals surface area contributed by atoms with Crippen molar-refractivity contribution in [2.45, 2.75) is 32.7 Å². The minimum Gasteiger partial charge on any atom is -0.372 e. The van der Waals surface area contributed by atoms with Crippen molar-refractivity contribution < 1.29 is 4.79 Å². The number of hydrogen-bond acceptors (Lipinski definition) is 3. The fourth-order valence-electron chi connectivity index (χ4n) is 2.88. The summed E-state index contributed by atoms with van der Waals surface area (Å²) in [5, 5.41) is 4.13. The molecule has 0 unspecified atom stereocenters. The Morgan fingerprint density at radius 3 is 2.57 bits per heavy atom. The molecule has 3 rings (SSSR count). The molecule has 1 aliphatic rings. The summed E-state index contributed by atoms with van der Waals surface area (Å²) in [6.07, 6.45) is 10.8. The first kappa shape index (κ1) is 15.5. The Morgan fingerprint density at radius 2 is 1.91 bits per heavy atom. The van der Waals surface area contributed by atoms with Crippen molar-refractivity contribution >= 4 is 17.5 Å². The van der Waals surface area contributed by atoms with Gasteiger partial charge in [-0.1, -0.05) is 18.2 Å². The van der Waals surface area contributed by atoms with Crippen LogP contribution in [0.15, 0.2) is 42.7 Å². The number of anilines is 1. The van der Waals surface area contributed by atoms with Gasteiger partial charge in [-0.3, -0.25) is 9.48 Å². The molecule has 0 bridgehead atoms. The molecule has 1 aromatic carbocycles. The van der Waals surface area contributed by atoms with E-state index in [1.807, 2.05) is 13.0 Å². The Labute approximate surface area is 137 Å². The summed E-state index contributed by atoms with van der Waals surface area (Å²) in [5.74, 6) is -0.00944. The number of ketones is 1. The molecule has 1 fully saturated rings. The van der Waals surface area contributed by atoms with Crippen molar-refractivity contribution in [3.8, 4) is 0 Å². The number of benzene rings is 1. The van der Waals surface area contributed by atoms with Crippen molar-refractivity contribution in [3.63, 3.8) is 0 Å². The Hall–Kier alpha value is -2.36. The molecule has 0 saturated carbocycles. The van der Waals surface area contributed by atoms with Gasteiger partial charge in [-0.05, 0) is 50.0 Å². The number of hydrogen-bond donors (Lipinski definition) is 0. The first-order chi connectivity index (χ1) is 11.3. The van der Waals surface area contributed by atoms with E-state index in [2.05, 4.69) is 34.3 Å². The van der Waals surface area contributed by atoms with E-state index in [1.165, 1.54) is 24.9 Å². The average molecular weight is 309 g/mol. The number of nitrogens with zero attached hydrogens (tertiary/aromatic N) is 3. The topological polar surface area (TPSA) is 38.1 Å². The van der Waals surface area contributed by atoms with Gasteiger partial charge in [-0.15, -0.1) is 0 Å². The number of allylic oxidation sites excluding steroid dienone is 1. The van der Waals surface area contributed by atoms with Gasteiger partial charge >= 0.3 is 0 Å². The van der Waals surface area contributed by atoms with E-state index in [4.69, 9.17) is 0 Å². The van der Waals surface area contributed by atoms with Crippen LogP contribution in [0.3, 0.4) is 0 Å². The molecule has 0 N–H and O–H groups in total. The van der Waals surface area contributed by atoms with Crippen LogP contribution in [0.2, 0.25) is 0 Å². The molecule has 2 aromatic rings. The molecule has 0 atom stereocenters. The second-order valence-corrected chi connectivity index (χ2v) is 5.92. The van der Waals surface area contributed by atoms with E-state index in [0.717, 1.165) is 25.2 Å². The van der Waals surface area contributed by atoms with Crippen LogP contribution in [-0.2, 0) is 6.54 Å². The lowest BCUT2D eigenvalue weighted by molar-refractivity contribution is 0.104. The molecule has 0 amide bonds. The molecular weight excluding hydrogens is 286 g/mol. The van der Waals surface area contributed by atoms with Gasteiger partial charge in [0.1, 0.15) is 0 Å². The number of aryl methyl sites for hydroxylation is 1. The zero-order chi connectivity index (χ0) is 16.1. The van der Waals surface area contributed by atoms with Gasteiger partial charge < -0.3 is 4.90 Å². The molecule has 4 heteroatoms. The zero-order valence-electron chi connectivity index (χ0n) is 13.6. The fraction of sp³-hybridized carbons (Fsp3) is 0.368. The molecule has 4 nitrogen and oxygen atoms in total. The lowest BCUT2D eigenvalue weighted by Gasteiger charge is -2.28. The van der Waals surface area contributed by atoms with Gasteiger partial charge in [-0.2, -0.15) is 5.10 Å². The van der Waals surface area contributed by atoms with Crippen molar-refractivity contribution in [2.75, 3.05) is 18.0 Å². The van der Waals surface area contributed by atoms with E-state index in [0.29, 0.717) is 5.56 Å². The summed E-state index contributed by atoms with van der Waals surface area (Å²) in [7, 11) is 0. The second kappa shape index (κ2) is 7.27. The molecule has 120 valence electrons. The highest BCUT2D eigenvalue weighted by atomic mass is 16.1. The van der Waals surface area contributed by atoms with Crippen molar-refractivity contribution in [3.05, 3.63) is 53.9 Å². The van der Waals surface area contributed by atoms with Crippen molar-refractivity contribution in [1.82, 2.24) is 9.78 Å². The minimum atomic E-state index is -0.00944. The van der Waals surface area contributed by atoms with Crippen molar-refractivity contribution in [1.29, 1.82) is 0 Å². The average Bonchev–Trinajstić information content (AvgIpc) is 3.10. The lowest BCUT2D eigenvalue weighted by Crippen LogP contribution is -2.29. The van der Waals surface area contributed by atoms with Crippen LogP contribution in [0.25, 0.3) is 6.08 Å². The maximum atomic E-state index is 12.1. The predicted octanol–water partition coefficient (Wildman–Crippen LogP) is 3.79. The van der Waals surface area contributed by atoms with Crippen LogP contribution in [0.1, 0.15) is 42.1 Å². The Morgan fingerprint density at radius 1 is 1.17 bits per heavy atom. The normalized spacial score (nSPS) is 15.3. The number of aromatic nitrogens is 2. The molecule has 0 spiro atoms. The van der Waals surface area contributed by atoms with Crippen LogP contribution in [0, 0.1) is 0 Å². The van der Waals surface area contributed by atoms with Crippen LogP contribution in [0.5, 0.6) is 0 Å². The largest absolute Gasteiger partial charge is 0.372 e. The van der Waals surface area contributed by atoms with Crippen LogP contribution in [-0.4, -0.2) is 28.7 Å². The summed E-state index contributed by atoms with van der Waals surface area (Å²) in [6, 6.07) is 8.43. The molecule has 1 aliphatic heterocycles. The quantitative estimate of drug-likeness (QED) is 0.623. The summed E-state index contributed by atoms with van der Waals surface area (Å²) in [6.45, 7) is 5.07. The van der Waals surface area contributed by atoms with E-state index < -0.39 is 0 Å². The van der Waals surface area contributed by atoms with Gasteiger partial charge in [0.15, 0.2) is 5.78 Å². The van der Waals surface area contributed by atoms with Gasteiger partial charge in [0, 0.05) is 31.5 Å². The Bertz CT molecular complexity index is 679. The molecule has 0 aliphatic carbocycles. The predicted molar refractivity (Wildman–Crippen MR) is 93.8 cm³/mol. The number of carbonyl (C=O) groups is 1. The first-order valence-corrected chi connectivity index (χ1v) is 8.36. The van der Waals surface area contributed by atoms with E-state index in [9.17, 15) is 4.79 Å². The third-order valence-corrected chi connectivity index (χ3v) is 4.28. The highest BCUT2D eigenvalue weighted by Gasteiger charge is 2.10. The second-order valence-electron chi connectivity index (χ2n) is 5.92. The van der Waals surface area contributed by atoms with Gasteiger partial charge in [0.05, 0.1) is 11.8 Å². The van der Waals surface area contributed by atoms with Crippen LogP contribution >= 0.6 is 0 Å². The monoisotopic (exact) mass is 309 g/mol. The zero-order valence-corrected chi connectivity index (χ0v) is 13.6. The lowest BCUT2D eigenvalue weighted by atomic mass is 10.1. The Balaban J connectivity index is 1.64. The number of piperidine rings is 1. The van der Waals surface area contributed by atoms with Crippen molar-refractivity contribution in [2.24, 2.45) is 0 Å². The molecular formula is C19H23N3O. The number of carbonyl (C=O) groups excluding carboxylic acids is 1. The maximum absolute atomic E-state index is 12.1. The SMILES string of the molecule is CCn1cc(C(=O)C=Cc2ccc(N3CCCCC3)cc2)cn1. The summed E-state index contributed by atoms with van der Waals surface area (Å²) in [4.78, 5) is 14.5. The molecule has 0 radical (unpaired) electrons. The van der Waals surface area contributed by atoms with Crippen LogP contribution in [0.4, 0.5) is 5.69 Å². The third kappa shape index (κ3) is 3.89. The summed E-state index contributed by atoms with van der Waals surface area (Å²) >= 11 is 0. The first-order valence-electron chi connectivity index (χ1n) is 8.36. The standard InChI is InChI=1S/C19H23N3O/c1-2-22-15-17(14-20-22)19(23)11-8-16-6-9-18(10-7-16)21-12-4-3-5-13-21/h6-11,14-15H,2-5,12-13H2,1H3. The molecule has 1 saturated heterocycles. The highest BCUT2D eigenvalue weighted by Crippen LogP contribution is 2.20. The van der Waals surface area contributed by atoms with Gasteiger partial charge in [-0.25, -0.2) is 0 Å². The highest BCUT2D eigenvalue weighted by molar-refractivity contribution is 6.06. The minimum absolute atomic E-state index is 0.00944. The number of rotatable bonds is 5. The maximum Gasteiger partial charge on any atom is 0.189 e. The van der Waals surface area contributed by atoms with E-state index in [1.54, 1.807) is 23.2 Å².